The summed E-state index contributed by atoms with van der Waals surface area (Å²) >= 11 is 1.37. The van der Waals surface area contributed by atoms with Gasteiger partial charge in [-0.1, -0.05) is 0 Å². The molecule has 0 saturated carbocycles. The number of nitrogens with zero attached hydrogens (tertiary/aromatic N) is 2. The van der Waals surface area contributed by atoms with Crippen molar-refractivity contribution in [3.63, 3.8) is 0 Å². The fourth-order valence-corrected chi connectivity index (χ4v) is 2.04. The van der Waals surface area contributed by atoms with Crippen LogP contribution < -0.4 is 5.73 Å². The van der Waals surface area contributed by atoms with E-state index in [9.17, 15) is 4.79 Å². The molecule has 0 amide bonds. The van der Waals surface area contributed by atoms with Crippen LogP contribution in [0.4, 0.5) is 5.13 Å². The number of carbonyl (C=O) groups is 1. The maximum atomic E-state index is 11.4. The number of hydrogen-bond acceptors (Lipinski definition) is 5. The summed E-state index contributed by atoms with van der Waals surface area (Å²) in [6.07, 6.45) is 0. The van der Waals surface area contributed by atoms with Gasteiger partial charge in [-0.05, 0) is 12.1 Å². The predicted octanol–water partition coefficient (Wildman–Crippen LogP) is 1.52. The molecule has 0 aliphatic carbocycles. The van der Waals surface area contributed by atoms with E-state index >= 15 is 0 Å². The van der Waals surface area contributed by atoms with Gasteiger partial charge in [0, 0.05) is 12.4 Å². The molecule has 6 heteroatoms. The SMILES string of the molecule is COC(=O)c1ccc(-c2csc(N)n2)n1C. The monoisotopic (exact) mass is 237 g/mol. The quantitative estimate of drug-likeness (QED) is 0.804. The number of aromatic nitrogens is 2. The highest BCUT2D eigenvalue weighted by molar-refractivity contribution is 7.13. The average Bonchev–Trinajstić information content (AvgIpc) is 2.83. The van der Waals surface area contributed by atoms with E-state index in [2.05, 4.69) is 9.72 Å². The van der Waals surface area contributed by atoms with Crippen LogP contribution in [0.15, 0.2) is 17.5 Å². The summed E-state index contributed by atoms with van der Waals surface area (Å²) in [4.78, 5) is 15.6. The zero-order chi connectivity index (χ0) is 11.7. The van der Waals surface area contributed by atoms with Crippen molar-refractivity contribution < 1.29 is 9.53 Å². The van der Waals surface area contributed by atoms with Crippen LogP contribution in [0.2, 0.25) is 0 Å². The Bertz CT molecular complexity index is 530. The molecule has 16 heavy (non-hydrogen) atoms. The van der Waals surface area contributed by atoms with Gasteiger partial charge in [0.1, 0.15) is 5.69 Å². The van der Waals surface area contributed by atoms with E-state index in [-0.39, 0.29) is 5.97 Å². The summed E-state index contributed by atoms with van der Waals surface area (Å²) in [5, 5.41) is 2.36. The molecule has 2 aromatic rings. The summed E-state index contributed by atoms with van der Waals surface area (Å²) in [5.41, 5.74) is 7.66. The number of esters is 1. The molecule has 0 spiro atoms. The molecule has 2 rings (SSSR count). The Balaban J connectivity index is 2.44. The molecule has 0 aliphatic rings. The third-order valence-corrected chi connectivity index (χ3v) is 2.97. The number of rotatable bonds is 2. The first-order valence-corrected chi connectivity index (χ1v) is 5.47. The minimum Gasteiger partial charge on any atom is -0.464 e. The second kappa shape index (κ2) is 3.97. The van der Waals surface area contributed by atoms with Gasteiger partial charge in [0.15, 0.2) is 5.13 Å². The van der Waals surface area contributed by atoms with Crippen molar-refractivity contribution in [3.8, 4) is 11.4 Å². The third kappa shape index (κ3) is 1.67. The van der Waals surface area contributed by atoms with Gasteiger partial charge in [0.05, 0.1) is 18.5 Å². The van der Waals surface area contributed by atoms with Gasteiger partial charge in [0.25, 0.3) is 0 Å². The lowest BCUT2D eigenvalue weighted by molar-refractivity contribution is 0.0590. The predicted molar refractivity (Wildman–Crippen MR) is 62.3 cm³/mol. The standard InChI is InChI=1S/C10H11N3O2S/c1-13-7(6-5-16-10(11)12-6)3-4-8(13)9(14)15-2/h3-5H,1-2H3,(H2,11,12). The number of thiazole rings is 1. The van der Waals surface area contributed by atoms with E-state index in [0.717, 1.165) is 11.4 Å². The molecule has 0 aliphatic heterocycles. The van der Waals surface area contributed by atoms with Crippen LogP contribution in [0.5, 0.6) is 0 Å². The molecule has 0 radical (unpaired) electrons. The van der Waals surface area contributed by atoms with E-state index in [0.29, 0.717) is 10.8 Å². The fourth-order valence-electron chi connectivity index (χ4n) is 1.48. The molecule has 0 unspecified atom stereocenters. The Morgan fingerprint density at radius 1 is 1.56 bits per heavy atom. The van der Waals surface area contributed by atoms with Crippen LogP contribution in [0.1, 0.15) is 10.5 Å². The minimum absolute atomic E-state index is 0.364. The Morgan fingerprint density at radius 3 is 2.88 bits per heavy atom. The van der Waals surface area contributed by atoms with Crippen molar-refractivity contribution in [2.75, 3.05) is 12.8 Å². The molecular formula is C10H11N3O2S. The molecule has 5 nitrogen and oxygen atoms in total. The van der Waals surface area contributed by atoms with Crippen LogP contribution in [0.3, 0.4) is 0 Å². The van der Waals surface area contributed by atoms with Gasteiger partial charge in [-0.25, -0.2) is 9.78 Å². The van der Waals surface area contributed by atoms with E-state index in [1.165, 1.54) is 18.4 Å². The summed E-state index contributed by atoms with van der Waals surface area (Å²) in [6, 6.07) is 3.53. The molecule has 2 heterocycles. The molecule has 0 bridgehead atoms. The molecule has 0 saturated heterocycles. The first-order chi connectivity index (χ1) is 7.63. The number of hydrogen-bond donors (Lipinski definition) is 1. The first-order valence-electron chi connectivity index (χ1n) is 4.59. The number of anilines is 1. The van der Waals surface area contributed by atoms with Crippen LogP contribution in [0.25, 0.3) is 11.4 Å². The summed E-state index contributed by atoms with van der Waals surface area (Å²) in [7, 11) is 3.15. The van der Waals surface area contributed by atoms with Crippen LogP contribution >= 0.6 is 11.3 Å². The van der Waals surface area contributed by atoms with Gasteiger partial charge in [-0.3, -0.25) is 0 Å². The molecule has 0 fully saturated rings. The van der Waals surface area contributed by atoms with Crippen molar-refractivity contribution in [2.24, 2.45) is 7.05 Å². The molecular weight excluding hydrogens is 226 g/mol. The van der Waals surface area contributed by atoms with Gasteiger partial charge in [-0.15, -0.1) is 11.3 Å². The third-order valence-electron chi connectivity index (χ3n) is 2.30. The Labute approximate surface area is 96.5 Å². The van der Waals surface area contributed by atoms with Crippen molar-refractivity contribution in [1.29, 1.82) is 0 Å². The van der Waals surface area contributed by atoms with Crippen LogP contribution in [-0.4, -0.2) is 22.6 Å². The number of carbonyl (C=O) groups excluding carboxylic acids is 1. The highest BCUT2D eigenvalue weighted by Crippen LogP contribution is 2.24. The van der Waals surface area contributed by atoms with Crippen LogP contribution in [-0.2, 0) is 11.8 Å². The summed E-state index contributed by atoms with van der Waals surface area (Å²) < 4.78 is 6.41. The summed E-state index contributed by atoms with van der Waals surface area (Å²) in [6.45, 7) is 0. The largest absolute Gasteiger partial charge is 0.464 e. The van der Waals surface area contributed by atoms with Crippen molar-refractivity contribution in [2.45, 2.75) is 0 Å². The topological polar surface area (TPSA) is 70.1 Å². The number of methoxy groups -OCH3 is 1. The van der Waals surface area contributed by atoms with E-state index in [1.54, 1.807) is 17.7 Å². The average molecular weight is 237 g/mol. The lowest BCUT2D eigenvalue weighted by Gasteiger charge is -2.03. The smallest absolute Gasteiger partial charge is 0.354 e. The Morgan fingerprint density at radius 2 is 2.31 bits per heavy atom. The summed E-state index contributed by atoms with van der Waals surface area (Å²) in [5.74, 6) is -0.364. The Kier molecular flexibility index (Phi) is 2.66. The van der Waals surface area contributed by atoms with E-state index in [4.69, 9.17) is 5.73 Å². The highest BCUT2D eigenvalue weighted by atomic mass is 32.1. The first kappa shape index (κ1) is 10.7. The minimum atomic E-state index is -0.364. The molecule has 0 atom stereocenters. The lowest BCUT2D eigenvalue weighted by Crippen LogP contribution is -2.08. The van der Waals surface area contributed by atoms with Gasteiger partial charge >= 0.3 is 5.97 Å². The number of nitrogens with two attached hydrogens (primary N) is 1. The fraction of sp³-hybridized carbons (Fsp3) is 0.200. The lowest BCUT2D eigenvalue weighted by atomic mass is 10.3. The molecule has 0 aromatic carbocycles. The van der Waals surface area contributed by atoms with E-state index in [1.807, 2.05) is 11.4 Å². The van der Waals surface area contributed by atoms with E-state index < -0.39 is 0 Å². The maximum Gasteiger partial charge on any atom is 0.354 e. The second-order valence-corrected chi connectivity index (χ2v) is 4.12. The molecule has 2 N–H and O–H groups in total. The van der Waals surface area contributed by atoms with Gasteiger partial charge in [0.2, 0.25) is 0 Å². The maximum absolute atomic E-state index is 11.4. The Hall–Kier alpha value is -1.82. The molecule has 84 valence electrons. The second-order valence-electron chi connectivity index (χ2n) is 3.23. The highest BCUT2D eigenvalue weighted by Gasteiger charge is 2.14. The van der Waals surface area contributed by atoms with Crippen molar-refractivity contribution in [1.82, 2.24) is 9.55 Å². The van der Waals surface area contributed by atoms with Crippen molar-refractivity contribution >= 4 is 22.4 Å². The normalized spacial score (nSPS) is 10.4. The van der Waals surface area contributed by atoms with Gasteiger partial charge in [-0.2, -0.15) is 0 Å². The number of ether oxygens (including phenoxy) is 1. The zero-order valence-corrected chi connectivity index (χ0v) is 9.75. The molecule has 2 aromatic heterocycles. The van der Waals surface area contributed by atoms with Crippen LogP contribution in [0, 0.1) is 0 Å². The van der Waals surface area contributed by atoms with Gasteiger partial charge < -0.3 is 15.0 Å². The number of nitrogen functional groups attached to an aromatic ring is 1. The zero-order valence-electron chi connectivity index (χ0n) is 8.93. The van der Waals surface area contributed by atoms with Crippen molar-refractivity contribution in [3.05, 3.63) is 23.2 Å².